The maximum atomic E-state index is 10.6. The molecule has 2 aliphatic carbocycles. The van der Waals surface area contributed by atoms with Crippen molar-refractivity contribution in [2.24, 2.45) is 17.3 Å². The first-order valence-corrected chi connectivity index (χ1v) is 6.19. The third-order valence-electron chi connectivity index (χ3n) is 4.75. The highest BCUT2D eigenvalue weighted by atomic mass is 16.3. The summed E-state index contributed by atoms with van der Waals surface area (Å²) < 4.78 is 0. The SMILES string of the molecule is CCC1CCC(C#N)(C(C)(O)C2CC2)C1. The summed E-state index contributed by atoms with van der Waals surface area (Å²) in [4.78, 5) is 0. The van der Waals surface area contributed by atoms with Gasteiger partial charge in [0.15, 0.2) is 0 Å². The largest absolute Gasteiger partial charge is 0.388 e. The summed E-state index contributed by atoms with van der Waals surface area (Å²) in [6, 6.07) is 2.45. The maximum absolute atomic E-state index is 10.6. The van der Waals surface area contributed by atoms with E-state index < -0.39 is 11.0 Å². The topological polar surface area (TPSA) is 44.0 Å². The molecule has 0 radical (unpaired) electrons. The van der Waals surface area contributed by atoms with Gasteiger partial charge >= 0.3 is 0 Å². The first kappa shape index (κ1) is 11.0. The van der Waals surface area contributed by atoms with Gasteiger partial charge in [-0.15, -0.1) is 0 Å². The van der Waals surface area contributed by atoms with Gasteiger partial charge in [0, 0.05) is 0 Å². The Labute approximate surface area is 92.3 Å². The van der Waals surface area contributed by atoms with E-state index in [1.165, 1.54) is 0 Å². The van der Waals surface area contributed by atoms with E-state index >= 15 is 0 Å². The van der Waals surface area contributed by atoms with Gasteiger partial charge in [0.05, 0.1) is 17.1 Å². The molecule has 2 rings (SSSR count). The van der Waals surface area contributed by atoms with Crippen molar-refractivity contribution in [3.63, 3.8) is 0 Å². The molecular weight excluding hydrogens is 186 g/mol. The number of hydrogen-bond acceptors (Lipinski definition) is 2. The van der Waals surface area contributed by atoms with Crippen molar-refractivity contribution in [2.75, 3.05) is 0 Å². The van der Waals surface area contributed by atoms with E-state index in [-0.39, 0.29) is 0 Å². The number of rotatable bonds is 3. The van der Waals surface area contributed by atoms with Gasteiger partial charge in [-0.2, -0.15) is 5.26 Å². The summed E-state index contributed by atoms with van der Waals surface area (Å²) in [7, 11) is 0. The zero-order valence-corrected chi connectivity index (χ0v) is 9.79. The quantitative estimate of drug-likeness (QED) is 0.773. The average molecular weight is 207 g/mol. The van der Waals surface area contributed by atoms with Crippen LogP contribution in [0.4, 0.5) is 0 Å². The van der Waals surface area contributed by atoms with Crippen molar-refractivity contribution in [2.45, 2.75) is 58.0 Å². The molecule has 1 N–H and O–H groups in total. The van der Waals surface area contributed by atoms with E-state index in [2.05, 4.69) is 13.0 Å². The predicted molar refractivity (Wildman–Crippen MR) is 59.0 cm³/mol. The number of nitriles is 1. The van der Waals surface area contributed by atoms with Crippen LogP contribution in [-0.2, 0) is 0 Å². The zero-order valence-electron chi connectivity index (χ0n) is 9.79. The number of aliphatic hydroxyl groups is 1. The first-order valence-electron chi connectivity index (χ1n) is 6.19. The predicted octanol–water partition coefficient (Wildman–Crippen LogP) is 2.87. The summed E-state index contributed by atoms with van der Waals surface area (Å²) in [5, 5.41) is 20.0. The molecule has 2 nitrogen and oxygen atoms in total. The Morgan fingerprint density at radius 1 is 1.47 bits per heavy atom. The van der Waals surface area contributed by atoms with E-state index in [4.69, 9.17) is 0 Å². The van der Waals surface area contributed by atoms with Crippen LogP contribution in [0.15, 0.2) is 0 Å². The average Bonchev–Trinajstić information content (AvgIpc) is 2.98. The van der Waals surface area contributed by atoms with E-state index in [0.29, 0.717) is 11.8 Å². The van der Waals surface area contributed by atoms with Crippen LogP contribution < -0.4 is 0 Å². The van der Waals surface area contributed by atoms with Crippen LogP contribution in [0.2, 0.25) is 0 Å². The molecule has 0 aromatic heterocycles. The summed E-state index contributed by atoms with van der Waals surface area (Å²) in [5.74, 6) is 1.03. The van der Waals surface area contributed by atoms with Crippen LogP contribution in [0.25, 0.3) is 0 Å². The molecule has 0 aromatic carbocycles. The molecule has 3 unspecified atom stereocenters. The van der Waals surface area contributed by atoms with E-state index in [1.54, 1.807) is 0 Å². The van der Waals surface area contributed by atoms with Gasteiger partial charge in [-0.25, -0.2) is 0 Å². The van der Waals surface area contributed by atoms with Crippen LogP contribution in [-0.4, -0.2) is 10.7 Å². The van der Waals surface area contributed by atoms with Crippen molar-refractivity contribution in [3.05, 3.63) is 0 Å². The highest BCUT2D eigenvalue weighted by molar-refractivity contribution is 5.17. The summed E-state index contributed by atoms with van der Waals surface area (Å²) >= 11 is 0. The minimum Gasteiger partial charge on any atom is -0.388 e. The molecular formula is C13H21NO. The monoisotopic (exact) mass is 207 g/mol. The van der Waals surface area contributed by atoms with Crippen LogP contribution in [0, 0.1) is 28.6 Å². The molecule has 0 saturated heterocycles. The van der Waals surface area contributed by atoms with Gasteiger partial charge in [-0.1, -0.05) is 13.3 Å². The molecule has 2 heteroatoms. The van der Waals surface area contributed by atoms with E-state index in [1.807, 2.05) is 6.92 Å². The molecule has 0 amide bonds. The molecule has 15 heavy (non-hydrogen) atoms. The van der Waals surface area contributed by atoms with Crippen molar-refractivity contribution in [3.8, 4) is 6.07 Å². The van der Waals surface area contributed by atoms with Gasteiger partial charge < -0.3 is 5.11 Å². The zero-order chi connectivity index (χ0) is 11.1. The third-order valence-corrected chi connectivity index (χ3v) is 4.75. The van der Waals surface area contributed by atoms with E-state index in [9.17, 15) is 10.4 Å². The fraction of sp³-hybridized carbons (Fsp3) is 0.923. The van der Waals surface area contributed by atoms with Crippen LogP contribution >= 0.6 is 0 Å². The normalized spacial score (nSPS) is 39.7. The molecule has 0 spiro atoms. The minimum absolute atomic E-state index is 0.382. The fourth-order valence-corrected chi connectivity index (χ4v) is 3.21. The van der Waals surface area contributed by atoms with Crippen LogP contribution in [0.5, 0.6) is 0 Å². The van der Waals surface area contributed by atoms with Gasteiger partial charge in [-0.3, -0.25) is 0 Å². The van der Waals surface area contributed by atoms with E-state index in [0.717, 1.165) is 38.5 Å². The Kier molecular flexibility index (Phi) is 2.55. The third kappa shape index (κ3) is 1.58. The second kappa shape index (κ2) is 3.49. The lowest BCUT2D eigenvalue weighted by Gasteiger charge is -2.38. The molecule has 3 atom stereocenters. The van der Waals surface area contributed by atoms with Gasteiger partial charge in [0.1, 0.15) is 0 Å². The summed E-state index contributed by atoms with van der Waals surface area (Å²) in [6.45, 7) is 4.08. The van der Waals surface area contributed by atoms with Crippen molar-refractivity contribution in [1.29, 1.82) is 5.26 Å². The standard InChI is InChI=1S/C13H21NO/c1-3-10-6-7-13(8-10,9-14)12(2,15)11-4-5-11/h10-11,15H,3-8H2,1-2H3. The highest BCUT2D eigenvalue weighted by Gasteiger charge is 2.57. The fourth-order valence-electron chi connectivity index (χ4n) is 3.21. The number of hydrogen-bond donors (Lipinski definition) is 1. The highest BCUT2D eigenvalue weighted by Crippen LogP contribution is 2.57. The lowest BCUT2D eigenvalue weighted by molar-refractivity contribution is -0.0574. The van der Waals surface area contributed by atoms with Gasteiger partial charge in [0.2, 0.25) is 0 Å². The number of nitrogens with zero attached hydrogens (tertiary/aromatic N) is 1. The molecule has 2 fully saturated rings. The molecule has 0 aromatic rings. The Balaban J connectivity index is 2.19. The molecule has 2 aliphatic rings. The molecule has 84 valence electrons. The summed E-state index contributed by atoms with van der Waals surface area (Å²) in [6.07, 6.45) is 6.27. The minimum atomic E-state index is -0.744. The Morgan fingerprint density at radius 3 is 2.53 bits per heavy atom. The molecule has 0 bridgehead atoms. The van der Waals surface area contributed by atoms with Crippen molar-refractivity contribution in [1.82, 2.24) is 0 Å². The summed E-state index contributed by atoms with van der Waals surface area (Å²) in [5.41, 5.74) is -1.19. The molecule has 0 heterocycles. The van der Waals surface area contributed by atoms with Crippen molar-refractivity contribution < 1.29 is 5.11 Å². The van der Waals surface area contributed by atoms with Crippen LogP contribution in [0.1, 0.15) is 52.4 Å². The Bertz CT molecular complexity index is 287. The lowest BCUT2D eigenvalue weighted by atomic mass is 9.69. The second-order valence-electron chi connectivity index (χ2n) is 5.63. The maximum Gasteiger partial charge on any atom is 0.0863 e. The smallest absolute Gasteiger partial charge is 0.0863 e. The molecule has 2 saturated carbocycles. The van der Waals surface area contributed by atoms with Gasteiger partial charge in [-0.05, 0) is 50.9 Å². The lowest BCUT2D eigenvalue weighted by Crippen LogP contribution is -2.45. The Hall–Kier alpha value is -0.550. The first-order chi connectivity index (χ1) is 7.05. The van der Waals surface area contributed by atoms with Crippen molar-refractivity contribution >= 4 is 0 Å². The van der Waals surface area contributed by atoms with Crippen LogP contribution in [0.3, 0.4) is 0 Å². The molecule has 0 aliphatic heterocycles. The second-order valence-corrected chi connectivity index (χ2v) is 5.63. The van der Waals surface area contributed by atoms with Gasteiger partial charge in [0.25, 0.3) is 0 Å². The Morgan fingerprint density at radius 2 is 2.13 bits per heavy atom.